The highest BCUT2D eigenvalue weighted by Crippen LogP contribution is 2.37. The second-order valence-electron chi connectivity index (χ2n) is 8.67. The minimum absolute atomic E-state index is 0.0240. The third kappa shape index (κ3) is 4.58. The molecule has 0 spiro atoms. The number of carbonyl (C=O) groups is 2. The number of fused-ring (bicyclic) bond motifs is 2. The van der Waals surface area contributed by atoms with Crippen molar-refractivity contribution >= 4 is 34.6 Å². The Bertz CT molecular complexity index is 1450. The number of nitrogens with zero attached hydrogens (tertiary/aromatic N) is 4. The molecule has 0 saturated heterocycles. The zero-order chi connectivity index (χ0) is 26.8. The van der Waals surface area contributed by atoms with Crippen LogP contribution < -0.4 is 9.80 Å². The number of rotatable bonds is 6. The van der Waals surface area contributed by atoms with Crippen LogP contribution in [-0.2, 0) is 13.1 Å². The molecule has 4 aromatic rings. The first-order valence-electron chi connectivity index (χ1n) is 11.6. The van der Waals surface area contributed by atoms with Gasteiger partial charge in [0.15, 0.2) is 0 Å². The van der Waals surface area contributed by atoms with Gasteiger partial charge in [0.1, 0.15) is 0 Å². The van der Waals surface area contributed by atoms with E-state index in [0.717, 1.165) is 11.1 Å². The fraction of sp³-hybridized carbons (Fsp3) is 0.0714. The maximum atomic E-state index is 14.1. The summed E-state index contributed by atoms with van der Waals surface area (Å²) in [5, 5.41) is 23.2. The Balaban J connectivity index is 1.75. The zero-order valence-corrected chi connectivity index (χ0v) is 19.9. The molecule has 2 amide bonds. The first kappa shape index (κ1) is 24.3. The van der Waals surface area contributed by atoms with Gasteiger partial charge in [-0.3, -0.25) is 29.8 Å². The fourth-order valence-electron chi connectivity index (χ4n) is 4.43. The molecular formula is C28H20N4O6. The van der Waals surface area contributed by atoms with E-state index in [0.29, 0.717) is 0 Å². The highest BCUT2D eigenvalue weighted by Gasteiger charge is 2.35. The molecule has 188 valence electrons. The van der Waals surface area contributed by atoms with Crippen molar-refractivity contribution in [2.24, 2.45) is 0 Å². The number of non-ortho nitro benzene ring substituents is 2. The fourth-order valence-corrected chi connectivity index (χ4v) is 4.43. The number of hydrogen-bond donors (Lipinski definition) is 0. The molecule has 0 bridgehead atoms. The van der Waals surface area contributed by atoms with E-state index >= 15 is 0 Å². The summed E-state index contributed by atoms with van der Waals surface area (Å²) in [7, 11) is 0. The van der Waals surface area contributed by atoms with Gasteiger partial charge < -0.3 is 9.80 Å². The molecule has 0 saturated carbocycles. The van der Waals surface area contributed by atoms with Crippen molar-refractivity contribution in [2.45, 2.75) is 13.1 Å². The van der Waals surface area contributed by atoms with Crippen LogP contribution in [0.4, 0.5) is 22.7 Å². The third-order valence-electron chi connectivity index (χ3n) is 6.28. The lowest BCUT2D eigenvalue weighted by molar-refractivity contribution is -0.385. The molecule has 0 radical (unpaired) electrons. The third-order valence-corrected chi connectivity index (χ3v) is 6.28. The van der Waals surface area contributed by atoms with Gasteiger partial charge in [0.25, 0.3) is 23.2 Å². The minimum atomic E-state index is -0.590. The first-order chi connectivity index (χ1) is 18.3. The summed E-state index contributed by atoms with van der Waals surface area (Å²) in [6.45, 7) is 0.0481. The molecule has 10 heteroatoms. The highest BCUT2D eigenvalue weighted by atomic mass is 16.6. The van der Waals surface area contributed by atoms with Crippen LogP contribution in [0.25, 0.3) is 0 Å². The predicted molar refractivity (Wildman–Crippen MR) is 140 cm³/mol. The number of anilines is 2. The second-order valence-corrected chi connectivity index (χ2v) is 8.67. The van der Waals surface area contributed by atoms with Crippen LogP contribution in [0.2, 0.25) is 0 Å². The summed E-state index contributed by atoms with van der Waals surface area (Å²) in [5.41, 5.74) is 1.20. The molecule has 1 heterocycles. The van der Waals surface area contributed by atoms with Gasteiger partial charge in [-0.15, -0.1) is 0 Å². The van der Waals surface area contributed by atoms with E-state index in [4.69, 9.17) is 0 Å². The Morgan fingerprint density at radius 3 is 1.26 bits per heavy atom. The Kier molecular flexibility index (Phi) is 6.36. The molecule has 0 aliphatic carbocycles. The molecule has 0 unspecified atom stereocenters. The molecule has 1 aliphatic rings. The van der Waals surface area contributed by atoms with Crippen LogP contribution in [0.15, 0.2) is 97.1 Å². The summed E-state index contributed by atoms with van der Waals surface area (Å²) in [5.74, 6) is -1.10. The van der Waals surface area contributed by atoms with E-state index < -0.39 is 21.7 Å². The molecule has 0 N–H and O–H groups in total. The summed E-state index contributed by atoms with van der Waals surface area (Å²) in [6.07, 6.45) is 0. The lowest BCUT2D eigenvalue weighted by Gasteiger charge is -2.33. The van der Waals surface area contributed by atoms with Crippen molar-refractivity contribution < 1.29 is 19.4 Å². The van der Waals surface area contributed by atoms with Crippen LogP contribution in [0.1, 0.15) is 31.8 Å². The van der Waals surface area contributed by atoms with Gasteiger partial charge in [-0.25, -0.2) is 0 Å². The van der Waals surface area contributed by atoms with Crippen molar-refractivity contribution in [3.05, 3.63) is 140 Å². The summed E-state index contributed by atoms with van der Waals surface area (Å²) in [4.78, 5) is 52.8. The van der Waals surface area contributed by atoms with E-state index in [1.165, 1.54) is 46.2 Å². The number of benzene rings is 4. The van der Waals surface area contributed by atoms with Gasteiger partial charge in [-0.2, -0.15) is 0 Å². The molecule has 38 heavy (non-hydrogen) atoms. The van der Waals surface area contributed by atoms with Crippen LogP contribution in [-0.4, -0.2) is 21.7 Å². The Morgan fingerprint density at radius 2 is 0.921 bits per heavy atom. The Labute approximate surface area is 216 Å². The summed E-state index contributed by atoms with van der Waals surface area (Å²) < 4.78 is 0. The number of nitro groups is 2. The van der Waals surface area contributed by atoms with Crippen molar-refractivity contribution in [1.82, 2.24) is 0 Å². The van der Waals surface area contributed by atoms with Crippen LogP contribution >= 0.6 is 0 Å². The number of carbonyl (C=O) groups excluding carboxylic acids is 2. The molecule has 4 aromatic carbocycles. The van der Waals surface area contributed by atoms with Gasteiger partial charge >= 0.3 is 0 Å². The number of nitro benzene ring substituents is 2. The Hall–Kier alpha value is -5.38. The highest BCUT2D eigenvalue weighted by molar-refractivity contribution is 6.20. The lowest BCUT2D eigenvalue weighted by Crippen LogP contribution is -2.40. The van der Waals surface area contributed by atoms with E-state index in [-0.39, 0.29) is 47.0 Å². The van der Waals surface area contributed by atoms with Crippen LogP contribution in [0.3, 0.4) is 0 Å². The molecule has 1 aliphatic heterocycles. The van der Waals surface area contributed by atoms with Gasteiger partial charge in [0.05, 0.1) is 45.4 Å². The minimum Gasteiger partial charge on any atom is -0.303 e. The standard InChI is InChI=1S/C28H20N4O6/c33-27-24-14-12-22(32(37)38)16-26(24)30(18-20-9-5-2-6-10-20)28(34)23-13-11-21(31(35)36)15-25(23)29(27)17-19-7-3-1-4-8-19/h1-16H,17-18H2. The van der Waals surface area contributed by atoms with E-state index in [1.54, 1.807) is 48.5 Å². The smallest absolute Gasteiger partial charge is 0.271 e. The number of amides is 2. The van der Waals surface area contributed by atoms with Crippen LogP contribution in [0.5, 0.6) is 0 Å². The lowest BCUT2D eigenvalue weighted by atomic mass is 10.0. The van der Waals surface area contributed by atoms with Crippen LogP contribution in [0, 0.1) is 20.2 Å². The normalized spacial score (nSPS) is 12.8. The number of hydrogen-bond acceptors (Lipinski definition) is 6. The average Bonchev–Trinajstić information content (AvgIpc) is 2.94. The SMILES string of the molecule is O=C1c2ccc([N+](=O)[O-])cc2N(Cc2ccccc2)C(=O)c2ccc([N+](=O)[O-])cc2N1Cc1ccccc1. The monoisotopic (exact) mass is 508 g/mol. The largest absolute Gasteiger partial charge is 0.303 e. The van der Waals surface area contributed by atoms with Crippen molar-refractivity contribution in [2.75, 3.05) is 9.80 Å². The molecule has 0 aromatic heterocycles. The van der Waals surface area contributed by atoms with Gasteiger partial charge in [0.2, 0.25) is 0 Å². The predicted octanol–water partition coefficient (Wildman–Crippen LogP) is 5.51. The zero-order valence-electron chi connectivity index (χ0n) is 19.9. The molecule has 0 atom stereocenters. The molecular weight excluding hydrogens is 488 g/mol. The molecule has 10 nitrogen and oxygen atoms in total. The average molecular weight is 508 g/mol. The maximum absolute atomic E-state index is 14.1. The topological polar surface area (TPSA) is 127 Å². The van der Waals surface area contributed by atoms with Crippen molar-refractivity contribution in [3.63, 3.8) is 0 Å². The maximum Gasteiger partial charge on any atom is 0.271 e. The van der Waals surface area contributed by atoms with E-state index in [1.807, 2.05) is 12.1 Å². The Morgan fingerprint density at radius 1 is 0.553 bits per heavy atom. The van der Waals surface area contributed by atoms with Crippen molar-refractivity contribution in [1.29, 1.82) is 0 Å². The van der Waals surface area contributed by atoms with Gasteiger partial charge in [0, 0.05) is 24.3 Å². The summed E-state index contributed by atoms with van der Waals surface area (Å²) >= 11 is 0. The second kappa shape index (κ2) is 9.94. The van der Waals surface area contributed by atoms with Gasteiger partial charge in [-0.1, -0.05) is 60.7 Å². The molecule has 5 rings (SSSR count). The van der Waals surface area contributed by atoms with E-state index in [2.05, 4.69) is 0 Å². The first-order valence-corrected chi connectivity index (χ1v) is 11.6. The quantitative estimate of drug-likeness (QED) is 0.250. The molecule has 0 fully saturated rings. The van der Waals surface area contributed by atoms with Gasteiger partial charge in [-0.05, 0) is 23.3 Å². The summed E-state index contributed by atoms with van der Waals surface area (Å²) in [6, 6.07) is 25.5. The van der Waals surface area contributed by atoms with E-state index in [9.17, 15) is 29.8 Å². The van der Waals surface area contributed by atoms with Crippen molar-refractivity contribution in [3.8, 4) is 0 Å².